The van der Waals surface area contributed by atoms with Crippen LogP contribution in [0.4, 0.5) is 0 Å². The highest BCUT2D eigenvalue weighted by Crippen LogP contribution is 2.10. The Bertz CT molecular complexity index is 456. The van der Waals surface area contributed by atoms with Gasteiger partial charge in [-0.25, -0.2) is 4.79 Å². The Morgan fingerprint density at radius 2 is 2.26 bits per heavy atom. The molecule has 1 atom stereocenters. The lowest BCUT2D eigenvalue weighted by Crippen LogP contribution is -2.42. The lowest BCUT2D eigenvalue weighted by Gasteiger charge is -2.15. The normalized spacial score (nSPS) is 11.7. The van der Waals surface area contributed by atoms with E-state index in [0.29, 0.717) is 16.5 Å². The number of aromatic nitrogens is 1. The van der Waals surface area contributed by atoms with Gasteiger partial charge in [0.05, 0.1) is 12.7 Å². The van der Waals surface area contributed by atoms with Gasteiger partial charge in [0, 0.05) is 16.9 Å². The molecule has 0 aliphatic heterocycles. The van der Waals surface area contributed by atoms with E-state index in [1.54, 1.807) is 24.0 Å². The molecular weight excluding hydrogens is 332 g/mol. The number of amides is 1. The Labute approximate surface area is 124 Å². The van der Waals surface area contributed by atoms with E-state index in [1.165, 1.54) is 13.3 Å². The minimum absolute atomic E-state index is 0.342. The van der Waals surface area contributed by atoms with Crippen LogP contribution in [0.2, 0.25) is 0 Å². The number of halogens is 1. The van der Waals surface area contributed by atoms with E-state index in [4.69, 9.17) is 0 Å². The van der Waals surface area contributed by atoms with Gasteiger partial charge in [0.15, 0.2) is 0 Å². The molecule has 0 fully saturated rings. The highest BCUT2D eigenvalue weighted by Gasteiger charge is 2.21. The monoisotopic (exact) mass is 346 g/mol. The Balaban J connectivity index is 2.72. The fourth-order valence-corrected chi connectivity index (χ4v) is 2.24. The van der Waals surface area contributed by atoms with Crippen LogP contribution in [0.1, 0.15) is 16.8 Å². The number of carbonyl (C=O) groups excluding carboxylic acids is 2. The molecule has 5 nitrogen and oxygen atoms in total. The number of nitrogens with zero attached hydrogens (tertiary/aromatic N) is 1. The van der Waals surface area contributed by atoms with Gasteiger partial charge in [0.25, 0.3) is 5.91 Å². The molecule has 0 bridgehead atoms. The number of carbonyl (C=O) groups is 2. The van der Waals surface area contributed by atoms with E-state index in [9.17, 15) is 9.59 Å². The van der Waals surface area contributed by atoms with Crippen molar-refractivity contribution < 1.29 is 14.3 Å². The van der Waals surface area contributed by atoms with Crippen molar-refractivity contribution in [1.29, 1.82) is 0 Å². The standard InChI is InChI=1S/C12H15BrN2O3S/c1-18-12(17)10(3-4-19-2)15-11(16)8-5-9(13)7-14-6-8/h5-7,10H,3-4H2,1-2H3,(H,15,16)/t10-/m1/s1. The smallest absolute Gasteiger partial charge is 0.328 e. The number of rotatable bonds is 6. The number of esters is 1. The van der Waals surface area contributed by atoms with Crippen molar-refractivity contribution in [1.82, 2.24) is 10.3 Å². The molecule has 0 aromatic carbocycles. The number of pyridine rings is 1. The highest BCUT2D eigenvalue weighted by molar-refractivity contribution is 9.10. The Hall–Kier alpha value is -1.08. The molecule has 104 valence electrons. The molecule has 1 heterocycles. The van der Waals surface area contributed by atoms with Crippen molar-refractivity contribution in [2.45, 2.75) is 12.5 Å². The van der Waals surface area contributed by atoms with Crippen molar-refractivity contribution in [3.8, 4) is 0 Å². The first-order valence-electron chi connectivity index (χ1n) is 5.56. The van der Waals surface area contributed by atoms with Gasteiger partial charge in [-0.05, 0) is 40.4 Å². The summed E-state index contributed by atoms with van der Waals surface area (Å²) in [6.07, 6.45) is 5.50. The summed E-state index contributed by atoms with van der Waals surface area (Å²) in [4.78, 5) is 27.5. The second-order valence-corrected chi connectivity index (χ2v) is 5.62. The largest absolute Gasteiger partial charge is 0.467 e. The van der Waals surface area contributed by atoms with Crippen molar-refractivity contribution in [3.05, 3.63) is 28.5 Å². The van der Waals surface area contributed by atoms with E-state index in [2.05, 4.69) is 31.0 Å². The zero-order valence-corrected chi connectivity index (χ0v) is 13.1. The first-order valence-corrected chi connectivity index (χ1v) is 7.75. The zero-order valence-electron chi connectivity index (χ0n) is 10.7. The summed E-state index contributed by atoms with van der Waals surface area (Å²) in [5, 5.41) is 2.66. The van der Waals surface area contributed by atoms with Crippen molar-refractivity contribution in [2.75, 3.05) is 19.1 Å². The molecule has 0 saturated carbocycles. The van der Waals surface area contributed by atoms with E-state index in [1.807, 2.05) is 6.26 Å². The van der Waals surface area contributed by atoms with Crippen LogP contribution in [0.5, 0.6) is 0 Å². The molecule has 0 aliphatic rings. The third kappa shape index (κ3) is 5.20. The molecule has 1 amide bonds. The van der Waals surface area contributed by atoms with E-state index >= 15 is 0 Å². The quantitative estimate of drug-likeness (QED) is 0.796. The maximum Gasteiger partial charge on any atom is 0.328 e. The molecule has 1 rings (SSSR count). The molecule has 0 aliphatic carbocycles. The summed E-state index contributed by atoms with van der Waals surface area (Å²) < 4.78 is 5.39. The first kappa shape index (κ1) is 16.0. The van der Waals surface area contributed by atoms with Crippen LogP contribution in [-0.2, 0) is 9.53 Å². The molecule has 1 aromatic heterocycles. The van der Waals surface area contributed by atoms with E-state index < -0.39 is 12.0 Å². The van der Waals surface area contributed by atoms with Crippen LogP contribution in [0, 0.1) is 0 Å². The summed E-state index contributed by atoms with van der Waals surface area (Å²) in [7, 11) is 1.31. The van der Waals surface area contributed by atoms with Gasteiger partial charge in [-0.3, -0.25) is 9.78 Å². The third-order valence-electron chi connectivity index (χ3n) is 2.37. The minimum atomic E-state index is -0.635. The fourth-order valence-electron chi connectivity index (χ4n) is 1.40. The second-order valence-electron chi connectivity index (χ2n) is 3.72. The maximum atomic E-state index is 12.0. The molecule has 0 radical (unpaired) electrons. The van der Waals surface area contributed by atoms with Gasteiger partial charge >= 0.3 is 5.97 Å². The van der Waals surface area contributed by atoms with Gasteiger partial charge in [0.1, 0.15) is 6.04 Å². The number of hydrogen-bond acceptors (Lipinski definition) is 5. The summed E-state index contributed by atoms with van der Waals surface area (Å²) in [5.41, 5.74) is 0.396. The zero-order chi connectivity index (χ0) is 14.3. The predicted octanol–water partition coefficient (Wildman–Crippen LogP) is 1.87. The van der Waals surface area contributed by atoms with Gasteiger partial charge in [-0.1, -0.05) is 0 Å². The number of ether oxygens (including phenoxy) is 1. The summed E-state index contributed by atoms with van der Waals surface area (Å²) in [6.45, 7) is 0. The molecule has 0 spiro atoms. The Morgan fingerprint density at radius 3 is 2.84 bits per heavy atom. The minimum Gasteiger partial charge on any atom is -0.467 e. The van der Waals surface area contributed by atoms with Crippen molar-refractivity contribution >= 4 is 39.6 Å². The van der Waals surface area contributed by atoms with Crippen molar-refractivity contribution in [2.24, 2.45) is 0 Å². The van der Waals surface area contributed by atoms with Gasteiger partial charge < -0.3 is 10.1 Å². The Kier molecular flexibility index (Phi) is 6.86. The number of nitrogens with one attached hydrogen (secondary N) is 1. The lowest BCUT2D eigenvalue weighted by atomic mass is 10.2. The van der Waals surface area contributed by atoms with Crippen LogP contribution in [0.25, 0.3) is 0 Å². The Morgan fingerprint density at radius 1 is 1.53 bits per heavy atom. The number of methoxy groups -OCH3 is 1. The third-order valence-corrected chi connectivity index (χ3v) is 3.45. The molecule has 1 N–H and O–H groups in total. The predicted molar refractivity (Wildman–Crippen MR) is 78.2 cm³/mol. The van der Waals surface area contributed by atoms with Crippen LogP contribution in [-0.4, -0.2) is 42.0 Å². The van der Waals surface area contributed by atoms with Crippen molar-refractivity contribution in [3.63, 3.8) is 0 Å². The number of thioether (sulfide) groups is 1. The number of hydrogen-bond donors (Lipinski definition) is 1. The van der Waals surface area contributed by atoms with Gasteiger partial charge in [-0.2, -0.15) is 11.8 Å². The molecule has 0 saturated heterocycles. The molecule has 19 heavy (non-hydrogen) atoms. The summed E-state index contributed by atoms with van der Waals surface area (Å²) in [6, 6.07) is 1.01. The van der Waals surface area contributed by atoms with Gasteiger partial charge in [-0.15, -0.1) is 0 Å². The average molecular weight is 347 g/mol. The van der Waals surface area contributed by atoms with Crippen LogP contribution < -0.4 is 5.32 Å². The summed E-state index contributed by atoms with van der Waals surface area (Å²) in [5.74, 6) is -0.0211. The molecule has 1 aromatic rings. The second kappa shape index (κ2) is 8.16. The van der Waals surface area contributed by atoms with E-state index in [0.717, 1.165) is 5.75 Å². The SMILES string of the molecule is COC(=O)[C@@H](CCSC)NC(=O)c1cncc(Br)c1. The first-order chi connectivity index (χ1) is 9.08. The van der Waals surface area contributed by atoms with Gasteiger partial charge in [0.2, 0.25) is 0 Å². The summed E-state index contributed by atoms with van der Waals surface area (Å²) >= 11 is 4.85. The van der Waals surface area contributed by atoms with Crippen LogP contribution in [0.3, 0.4) is 0 Å². The van der Waals surface area contributed by atoms with E-state index in [-0.39, 0.29) is 5.91 Å². The maximum absolute atomic E-state index is 12.0. The topological polar surface area (TPSA) is 68.3 Å². The highest BCUT2D eigenvalue weighted by atomic mass is 79.9. The molecule has 7 heteroatoms. The van der Waals surface area contributed by atoms with Crippen LogP contribution in [0.15, 0.2) is 22.9 Å². The molecular formula is C12H15BrN2O3S. The molecule has 0 unspecified atom stereocenters. The average Bonchev–Trinajstić information content (AvgIpc) is 2.42. The van der Waals surface area contributed by atoms with Crippen LogP contribution >= 0.6 is 27.7 Å². The lowest BCUT2D eigenvalue weighted by molar-refractivity contribution is -0.142. The fraction of sp³-hybridized carbons (Fsp3) is 0.417.